The standard InChI is InChI=1S/2C14H11NO4.Ca/c2*16-12-8-10(6-7-11(12)14(18)19)15-13(17)9-4-2-1-3-5-9;/h2*1-8,16H,(H,15,17)(H,18,19);/q;;+2/p-2. The molecule has 10 nitrogen and oxygen atoms in total. The average molecular weight is 553 g/mol. The summed E-state index contributed by atoms with van der Waals surface area (Å²) in [5, 5.41) is 45.4. The molecule has 0 fully saturated rings. The molecule has 0 aliphatic heterocycles. The van der Waals surface area contributed by atoms with E-state index >= 15 is 0 Å². The predicted molar refractivity (Wildman–Crippen MR) is 140 cm³/mol. The van der Waals surface area contributed by atoms with E-state index in [0.29, 0.717) is 16.8 Å². The van der Waals surface area contributed by atoms with E-state index in [1.807, 2.05) is 0 Å². The molecule has 0 radical (unpaired) electrons. The maximum absolute atomic E-state index is 11.8. The summed E-state index contributed by atoms with van der Waals surface area (Å²) in [4.78, 5) is 44.9. The molecule has 4 rings (SSSR count). The molecule has 0 aliphatic rings. The van der Waals surface area contributed by atoms with Crippen LogP contribution in [0.15, 0.2) is 97.1 Å². The summed E-state index contributed by atoms with van der Waals surface area (Å²) in [6.07, 6.45) is 0. The fourth-order valence-corrected chi connectivity index (χ4v) is 3.14. The van der Waals surface area contributed by atoms with Gasteiger partial charge >= 0.3 is 43.7 Å². The van der Waals surface area contributed by atoms with Gasteiger partial charge in [-0.2, -0.15) is 0 Å². The van der Waals surface area contributed by atoms with Crippen LogP contribution in [0.1, 0.15) is 41.4 Å². The van der Waals surface area contributed by atoms with Crippen molar-refractivity contribution in [1.29, 1.82) is 0 Å². The van der Waals surface area contributed by atoms with Crippen molar-refractivity contribution in [3.8, 4) is 11.5 Å². The number of hydrogen-bond acceptors (Lipinski definition) is 7. The quantitative estimate of drug-likeness (QED) is 0.263. The molecule has 0 bridgehead atoms. The first-order valence-corrected chi connectivity index (χ1v) is 11.0. The number of carboxylic acids is 2. The molecule has 0 aliphatic carbocycles. The predicted octanol–water partition coefficient (Wildman–Crippen LogP) is 2.34. The zero-order chi connectivity index (χ0) is 27.7. The minimum Gasteiger partial charge on any atom is -0.872 e. The van der Waals surface area contributed by atoms with Crippen LogP contribution in [0.25, 0.3) is 0 Å². The number of amides is 2. The summed E-state index contributed by atoms with van der Waals surface area (Å²) >= 11 is 0. The van der Waals surface area contributed by atoms with Gasteiger partial charge in [0.1, 0.15) is 11.3 Å². The van der Waals surface area contributed by atoms with Crippen LogP contribution < -0.4 is 20.8 Å². The number of carbonyl (C=O) groups excluding carboxylic acids is 3. The molecule has 0 atom stereocenters. The molecule has 4 aromatic rings. The first-order chi connectivity index (χ1) is 18.2. The smallest absolute Gasteiger partial charge is 0.872 e. The van der Waals surface area contributed by atoms with Gasteiger partial charge in [0.2, 0.25) is 0 Å². The molecule has 4 N–H and O–H groups in total. The fourth-order valence-electron chi connectivity index (χ4n) is 3.14. The van der Waals surface area contributed by atoms with Crippen LogP contribution in [-0.2, 0) is 0 Å². The number of benzene rings is 4. The van der Waals surface area contributed by atoms with Crippen molar-refractivity contribution in [1.82, 2.24) is 0 Å². The normalized spacial score (nSPS) is 9.64. The Morgan fingerprint density at radius 2 is 1.08 bits per heavy atom. The zero-order valence-electron chi connectivity index (χ0n) is 20.3. The van der Waals surface area contributed by atoms with Gasteiger partial charge in [0, 0.05) is 28.6 Å². The molecule has 4 aromatic carbocycles. The van der Waals surface area contributed by atoms with Gasteiger partial charge in [-0.25, -0.2) is 4.79 Å². The first kappa shape index (κ1) is 30.8. The molecule has 0 saturated heterocycles. The number of rotatable bonds is 6. The molecule has 39 heavy (non-hydrogen) atoms. The van der Waals surface area contributed by atoms with Crippen molar-refractivity contribution in [3.05, 3.63) is 119 Å². The van der Waals surface area contributed by atoms with E-state index in [9.17, 15) is 34.5 Å². The van der Waals surface area contributed by atoms with Gasteiger partial charge in [0.15, 0.2) is 0 Å². The molecule has 0 spiro atoms. The number of aromatic carboxylic acids is 2. The Bertz CT molecular complexity index is 1360. The summed E-state index contributed by atoms with van der Waals surface area (Å²) < 4.78 is 0. The minimum atomic E-state index is -1.54. The molecule has 192 valence electrons. The molecule has 0 unspecified atom stereocenters. The molecule has 0 saturated carbocycles. The SMILES string of the molecule is O=C(Nc1ccc(C(=O)O)c(O)c1)c1ccccc1.O=C(Nc1ccc(C(=O)[O-])c([O-])c1)c1ccccc1.[Ca+2]. The van der Waals surface area contributed by atoms with Crippen molar-refractivity contribution < 1.29 is 39.6 Å². The topological polar surface area (TPSA) is 179 Å². The van der Waals surface area contributed by atoms with Crippen molar-refractivity contribution in [2.75, 3.05) is 10.6 Å². The monoisotopic (exact) mass is 552 g/mol. The molecule has 2 amide bonds. The average Bonchev–Trinajstić information content (AvgIpc) is 2.90. The van der Waals surface area contributed by atoms with E-state index in [4.69, 9.17) is 5.11 Å². The number of carboxylic acid groups (broad SMARTS) is 2. The van der Waals surface area contributed by atoms with Gasteiger partial charge in [0.25, 0.3) is 11.8 Å². The third kappa shape index (κ3) is 8.85. The van der Waals surface area contributed by atoms with Crippen molar-refractivity contribution in [3.63, 3.8) is 0 Å². The minimum absolute atomic E-state index is 0. The number of hydrogen-bond donors (Lipinski definition) is 4. The molecular weight excluding hydrogens is 532 g/mol. The number of aromatic hydroxyl groups is 1. The Labute approximate surface area is 252 Å². The van der Waals surface area contributed by atoms with Crippen molar-refractivity contribution >= 4 is 72.9 Å². The summed E-state index contributed by atoms with van der Waals surface area (Å²) in [5.41, 5.74) is 0.846. The second kappa shape index (κ2) is 14.5. The van der Waals surface area contributed by atoms with Crippen molar-refractivity contribution in [2.24, 2.45) is 0 Å². The Morgan fingerprint density at radius 1 is 0.641 bits per heavy atom. The first-order valence-electron chi connectivity index (χ1n) is 11.0. The molecule has 0 heterocycles. The summed E-state index contributed by atoms with van der Waals surface area (Å²) in [7, 11) is 0. The summed E-state index contributed by atoms with van der Waals surface area (Å²) in [6, 6.07) is 24.4. The van der Waals surface area contributed by atoms with Gasteiger partial charge < -0.3 is 35.9 Å². The Balaban J connectivity index is 0.000000267. The van der Waals surface area contributed by atoms with Crippen LogP contribution >= 0.6 is 0 Å². The molecule has 0 aromatic heterocycles. The van der Waals surface area contributed by atoms with Crippen LogP contribution in [0.3, 0.4) is 0 Å². The van der Waals surface area contributed by atoms with Crippen LogP contribution in [-0.4, -0.2) is 71.7 Å². The van der Waals surface area contributed by atoms with E-state index in [0.717, 1.165) is 12.1 Å². The van der Waals surface area contributed by atoms with E-state index in [1.54, 1.807) is 60.7 Å². The second-order valence-electron chi connectivity index (χ2n) is 7.68. The van der Waals surface area contributed by atoms with E-state index in [-0.39, 0.29) is 60.8 Å². The number of anilines is 2. The van der Waals surface area contributed by atoms with Crippen LogP contribution in [0.2, 0.25) is 0 Å². The van der Waals surface area contributed by atoms with E-state index < -0.39 is 29.0 Å². The summed E-state index contributed by atoms with van der Waals surface area (Å²) in [6.45, 7) is 0. The largest absolute Gasteiger partial charge is 2.00 e. The van der Waals surface area contributed by atoms with Gasteiger partial charge in [-0.1, -0.05) is 48.2 Å². The zero-order valence-corrected chi connectivity index (χ0v) is 22.5. The number of carbonyl (C=O) groups is 4. The van der Waals surface area contributed by atoms with Gasteiger partial charge in [-0.3, -0.25) is 9.59 Å². The van der Waals surface area contributed by atoms with E-state index in [1.165, 1.54) is 24.3 Å². The number of nitrogens with one attached hydrogen (secondary N) is 2. The van der Waals surface area contributed by atoms with Gasteiger partial charge in [-0.15, -0.1) is 0 Å². The maximum atomic E-state index is 11.8. The van der Waals surface area contributed by atoms with Crippen LogP contribution in [0.5, 0.6) is 11.5 Å². The summed E-state index contributed by atoms with van der Waals surface area (Å²) in [5.74, 6) is -4.56. The maximum Gasteiger partial charge on any atom is 2.00 e. The third-order valence-electron chi connectivity index (χ3n) is 5.02. The van der Waals surface area contributed by atoms with Crippen LogP contribution in [0.4, 0.5) is 11.4 Å². The van der Waals surface area contributed by atoms with Gasteiger partial charge in [-0.05, 0) is 54.1 Å². The molecular formula is C28H20CaN2O8. The van der Waals surface area contributed by atoms with Crippen LogP contribution in [0, 0.1) is 0 Å². The third-order valence-corrected chi connectivity index (χ3v) is 5.02. The van der Waals surface area contributed by atoms with E-state index in [2.05, 4.69) is 10.6 Å². The number of phenols is 1. The Hall–Kier alpha value is -4.38. The second-order valence-corrected chi connectivity index (χ2v) is 7.68. The Morgan fingerprint density at radius 3 is 1.46 bits per heavy atom. The molecule has 11 heteroatoms. The fraction of sp³-hybridized carbons (Fsp3) is 0. The van der Waals surface area contributed by atoms with Crippen molar-refractivity contribution in [2.45, 2.75) is 0 Å². The Kier molecular flexibility index (Phi) is 11.5. The van der Waals surface area contributed by atoms with Gasteiger partial charge in [0.05, 0.1) is 5.97 Å².